The molecule has 0 spiro atoms. The average molecular weight is 265 g/mol. The van der Waals surface area contributed by atoms with Gasteiger partial charge in [0, 0.05) is 12.2 Å². The van der Waals surface area contributed by atoms with Gasteiger partial charge in [0.2, 0.25) is 0 Å². The Kier molecular flexibility index (Phi) is 4.62. The molecule has 0 atom stereocenters. The van der Waals surface area contributed by atoms with Gasteiger partial charge in [0.15, 0.2) is 0 Å². The van der Waals surface area contributed by atoms with Gasteiger partial charge in [-0.1, -0.05) is 81.5 Å². The van der Waals surface area contributed by atoms with Crippen LogP contribution in [0.4, 0.5) is 5.69 Å². The molecule has 0 aromatic heterocycles. The van der Waals surface area contributed by atoms with Crippen LogP contribution in [-0.4, -0.2) is 6.54 Å². The van der Waals surface area contributed by atoms with E-state index in [0.29, 0.717) is 0 Å². The first kappa shape index (κ1) is 14.4. The molecule has 20 heavy (non-hydrogen) atoms. The topological polar surface area (TPSA) is 12.0 Å². The number of nitrogens with one attached hydrogen (secondary N) is 1. The second-order valence-electron chi connectivity index (χ2n) is 5.99. The summed E-state index contributed by atoms with van der Waals surface area (Å²) < 4.78 is 0. The van der Waals surface area contributed by atoms with E-state index in [-0.39, 0.29) is 5.41 Å². The summed E-state index contributed by atoms with van der Waals surface area (Å²) in [5, 5.41) is 3.50. The number of anilines is 1. The van der Waals surface area contributed by atoms with E-state index in [1.807, 2.05) is 6.07 Å². The lowest BCUT2D eigenvalue weighted by atomic mass is 9.86. The zero-order valence-electron chi connectivity index (χ0n) is 12.6. The zero-order chi connectivity index (χ0) is 14.4. The second-order valence-corrected chi connectivity index (χ2v) is 5.99. The molecule has 0 heterocycles. The van der Waals surface area contributed by atoms with Crippen LogP contribution in [0.15, 0.2) is 60.7 Å². The summed E-state index contributed by atoms with van der Waals surface area (Å²) >= 11 is 0. The average Bonchev–Trinajstić information content (AvgIpc) is 2.44. The number of hydrogen-bond donors (Lipinski definition) is 1. The minimum Gasteiger partial charge on any atom is -0.381 e. The van der Waals surface area contributed by atoms with Crippen LogP contribution >= 0.6 is 0 Å². The highest BCUT2D eigenvalue weighted by Crippen LogP contribution is 2.28. The van der Waals surface area contributed by atoms with Crippen LogP contribution in [-0.2, 0) is 5.41 Å². The largest absolute Gasteiger partial charge is 0.381 e. The van der Waals surface area contributed by atoms with Crippen LogP contribution in [0.3, 0.4) is 0 Å². The van der Waals surface area contributed by atoms with Gasteiger partial charge in [0.25, 0.3) is 0 Å². The van der Waals surface area contributed by atoms with E-state index in [1.54, 1.807) is 0 Å². The summed E-state index contributed by atoms with van der Waals surface area (Å²) in [5.74, 6) is 0. The maximum atomic E-state index is 3.50. The van der Waals surface area contributed by atoms with E-state index in [9.17, 15) is 0 Å². The van der Waals surface area contributed by atoms with Crippen LogP contribution < -0.4 is 5.32 Å². The molecule has 0 aliphatic heterocycles. The van der Waals surface area contributed by atoms with Crippen molar-refractivity contribution in [2.45, 2.75) is 26.2 Å². The molecule has 2 rings (SSSR count). The number of benzene rings is 2. The predicted molar refractivity (Wildman–Crippen MR) is 89.1 cm³/mol. The summed E-state index contributed by atoms with van der Waals surface area (Å²) in [6.45, 7) is 7.57. The van der Waals surface area contributed by atoms with Crippen molar-refractivity contribution < 1.29 is 0 Å². The summed E-state index contributed by atoms with van der Waals surface area (Å²) in [7, 11) is 0. The molecule has 0 saturated heterocycles. The van der Waals surface area contributed by atoms with Crippen LogP contribution in [0.25, 0.3) is 6.08 Å². The van der Waals surface area contributed by atoms with E-state index < -0.39 is 0 Å². The Morgan fingerprint density at radius 2 is 1.55 bits per heavy atom. The summed E-state index contributed by atoms with van der Waals surface area (Å²) in [6, 6.07) is 18.9. The maximum Gasteiger partial charge on any atom is 0.0380 e. The molecule has 0 aliphatic rings. The van der Waals surface area contributed by atoms with Gasteiger partial charge in [-0.3, -0.25) is 0 Å². The molecule has 0 bridgehead atoms. The van der Waals surface area contributed by atoms with E-state index in [0.717, 1.165) is 6.54 Å². The first-order chi connectivity index (χ1) is 9.57. The molecule has 2 aromatic carbocycles. The fourth-order valence-corrected chi connectivity index (χ4v) is 2.22. The highest BCUT2D eigenvalue weighted by atomic mass is 14.9. The van der Waals surface area contributed by atoms with Crippen molar-refractivity contribution in [3.8, 4) is 0 Å². The van der Waals surface area contributed by atoms with E-state index in [1.165, 1.54) is 16.8 Å². The molecule has 1 nitrogen and oxygen atoms in total. The van der Waals surface area contributed by atoms with Crippen molar-refractivity contribution in [3.63, 3.8) is 0 Å². The van der Waals surface area contributed by atoms with Gasteiger partial charge in [-0.05, 0) is 22.6 Å². The molecule has 104 valence electrons. The molecule has 0 unspecified atom stereocenters. The van der Waals surface area contributed by atoms with Crippen LogP contribution in [0, 0.1) is 0 Å². The van der Waals surface area contributed by atoms with Gasteiger partial charge in [-0.25, -0.2) is 0 Å². The first-order valence-corrected chi connectivity index (χ1v) is 7.12. The molecule has 0 aliphatic carbocycles. The highest BCUT2D eigenvalue weighted by molar-refractivity contribution is 5.56. The highest BCUT2D eigenvalue weighted by Gasteiger charge is 2.16. The Morgan fingerprint density at radius 1 is 0.900 bits per heavy atom. The molecule has 0 radical (unpaired) electrons. The van der Waals surface area contributed by atoms with Crippen LogP contribution in [0.1, 0.15) is 31.9 Å². The standard InChI is InChI=1S/C19H23N/c1-19(2,3)17-13-7-8-14-18(17)20-15-9-12-16-10-5-4-6-11-16/h4-14,20H,15H2,1-3H3. The van der Waals surface area contributed by atoms with Crippen molar-refractivity contribution in [2.75, 3.05) is 11.9 Å². The summed E-state index contributed by atoms with van der Waals surface area (Å²) in [4.78, 5) is 0. The monoisotopic (exact) mass is 265 g/mol. The fourth-order valence-electron chi connectivity index (χ4n) is 2.22. The molecular weight excluding hydrogens is 242 g/mol. The molecule has 0 amide bonds. The third kappa shape index (κ3) is 3.99. The minimum absolute atomic E-state index is 0.159. The van der Waals surface area contributed by atoms with E-state index in [4.69, 9.17) is 0 Å². The van der Waals surface area contributed by atoms with Gasteiger partial charge in [0.1, 0.15) is 0 Å². The van der Waals surface area contributed by atoms with Crippen molar-refractivity contribution in [1.82, 2.24) is 0 Å². The quantitative estimate of drug-likeness (QED) is 0.810. The lowest BCUT2D eigenvalue weighted by Gasteiger charge is -2.23. The van der Waals surface area contributed by atoms with Gasteiger partial charge in [-0.15, -0.1) is 0 Å². The second kappa shape index (κ2) is 6.42. The van der Waals surface area contributed by atoms with Crippen molar-refractivity contribution in [2.24, 2.45) is 0 Å². The SMILES string of the molecule is CC(C)(C)c1ccccc1NCC=Cc1ccccc1. The summed E-state index contributed by atoms with van der Waals surface area (Å²) in [5.41, 5.74) is 3.97. The van der Waals surface area contributed by atoms with Crippen molar-refractivity contribution in [1.29, 1.82) is 0 Å². The third-order valence-electron chi connectivity index (χ3n) is 3.26. The van der Waals surface area contributed by atoms with Gasteiger partial charge in [0.05, 0.1) is 0 Å². The Morgan fingerprint density at radius 3 is 2.25 bits per heavy atom. The number of hydrogen-bond acceptors (Lipinski definition) is 1. The molecular formula is C19H23N. The number of para-hydroxylation sites is 1. The normalized spacial score (nSPS) is 11.8. The third-order valence-corrected chi connectivity index (χ3v) is 3.26. The molecule has 1 N–H and O–H groups in total. The molecule has 1 heteroatoms. The lowest BCUT2D eigenvalue weighted by Crippen LogP contribution is -2.14. The van der Waals surface area contributed by atoms with E-state index in [2.05, 4.69) is 86.8 Å². The van der Waals surface area contributed by atoms with Crippen LogP contribution in [0.5, 0.6) is 0 Å². The Labute approximate surface area is 122 Å². The molecule has 2 aromatic rings. The van der Waals surface area contributed by atoms with Crippen molar-refractivity contribution in [3.05, 3.63) is 71.8 Å². The Balaban J connectivity index is 2.00. The molecule has 0 saturated carbocycles. The Hall–Kier alpha value is -2.02. The van der Waals surface area contributed by atoms with Gasteiger partial charge >= 0.3 is 0 Å². The van der Waals surface area contributed by atoms with Gasteiger partial charge in [-0.2, -0.15) is 0 Å². The van der Waals surface area contributed by atoms with Crippen molar-refractivity contribution >= 4 is 11.8 Å². The smallest absolute Gasteiger partial charge is 0.0380 e. The first-order valence-electron chi connectivity index (χ1n) is 7.12. The van der Waals surface area contributed by atoms with Gasteiger partial charge < -0.3 is 5.32 Å². The minimum atomic E-state index is 0.159. The molecule has 0 fully saturated rings. The van der Waals surface area contributed by atoms with Crippen LogP contribution in [0.2, 0.25) is 0 Å². The lowest BCUT2D eigenvalue weighted by molar-refractivity contribution is 0.592. The predicted octanol–water partition coefficient (Wildman–Crippen LogP) is 5.11. The fraction of sp³-hybridized carbons (Fsp3) is 0.263. The summed E-state index contributed by atoms with van der Waals surface area (Å²) in [6.07, 6.45) is 4.31. The zero-order valence-corrected chi connectivity index (χ0v) is 12.6. The Bertz CT molecular complexity index is 562. The maximum absolute atomic E-state index is 3.50. The number of rotatable bonds is 4. The van der Waals surface area contributed by atoms with E-state index >= 15 is 0 Å².